The lowest BCUT2D eigenvalue weighted by molar-refractivity contribution is -0.136. The number of esters is 1. The smallest absolute Gasteiger partial charge is 0.408 e. The fourth-order valence-electron chi connectivity index (χ4n) is 3.23. The quantitative estimate of drug-likeness (QED) is 0.306. The summed E-state index contributed by atoms with van der Waals surface area (Å²) in [4.78, 5) is 37.0. The Balaban J connectivity index is 1.76. The molecule has 32 heavy (non-hydrogen) atoms. The van der Waals surface area contributed by atoms with Crippen LogP contribution in [0.25, 0.3) is 11.0 Å². The number of fused-ring (bicyclic) bond motifs is 1. The normalized spacial score (nSPS) is 11.7. The maximum Gasteiger partial charge on any atom is 0.408 e. The molecule has 0 aliphatic rings. The predicted octanol–water partition coefficient (Wildman–Crippen LogP) is 4.36. The van der Waals surface area contributed by atoms with Crippen molar-refractivity contribution in [3.8, 4) is 5.75 Å². The lowest BCUT2D eigenvalue weighted by Gasteiger charge is -2.18. The molecule has 0 radical (unpaired) electrons. The van der Waals surface area contributed by atoms with Crippen LogP contribution in [0.4, 0.5) is 4.79 Å². The summed E-state index contributed by atoms with van der Waals surface area (Å²) < 4.78 is 16.2. The number of carbonyl (C=O) groups excluding carboxylic acids is 2. The molecule has 1 aromatic heterocycles. The van der Waals surface area contributed by atoms with E-state index in [1.165, 1.54) is 6.07 Å². The maximum absolute atomic E-state index is 13.0. The van der Waals surface area contributed by atoms with Crippen LogP contribution in [0, 0.1) is 13.8 Å². The van der Waals surface area contributed by atoms with Gasteiger partial charge in [0.2, 0.25) is 0 Å². The molecular formula is C24H25NO6S. The molecule has 0 aliphatic heterocycles. The van der Waals surface area contributed by atoms with Gasteiger partial charge in [0.15, 0.2) is 0 Å². The van der Waals surface area contributed by atoms with E-state index in [2.05, 4.69) is 5.32 Å². The van der Waals surface area contributed by atoms with Crippen molar-refractivity contribution < 1.29 is 23.5 Å². The Hall–Kier alpha value is -3.26. The lowest BCUT2D eigenvalue weighted by atomic mass is 10.1. The zero-order chi connectivity index (χ0) is 23.1. The van der Waals surface area contributed by atoms with Crippen LogP contribution < -0.4 is 15.7 Å². The number of thioether (sulfide) groups is 1. The molecule has 0 bridgehead atoms. The van der Waals surface area contributed by atoms with E-state index in [-0.39, 0.29) is 12.4 Å². The van der Waals surface area contributed by atoms with Crippen LogP contribution >= 0.6 is 11.8 Å². The molecule has 1 unspecified atom stereocenters. The molecule has 168 valence electrons. The van der Waals surface area contributed by atoms with E-state index >= 15 is 0 Å². The van der Waals surface area contributed by atoms with Crippen LogP contribution in [0.2, 0.25) is 0 Å². The van der Waals surface area contributed by atoms with Gasteiger partial charge in [-0.3, -0.25) is 0 Å². The highest BCUT2D eigenvalue weighted by Crippen LogP contribution is 2.30. The third-order valence-corrected chi connectivity index (χ3v) is 5.40. The van der Waals surface area contributed by atoms with Crippen LogP contribution in [-0.2, 0) is 16.1 Å². The third kappa shape index (κ3) is 6.13. The number of alkyl carbamates (subject to hydrolysis) is 1. The second-order valence-corrected chi connectivity index (χ2v) is 8.33. The van der Waals surface area contributed by atoms with E-state index in [0.717, 1.165) is 11.1 Å². The zero-order valence-electron chi connectivity index (χ0n) is 18.2. The number of nitrogens with one attached hydrogen (secondary N) is 1. The number of aryl methyl sites for hydroxylation is 2. The standard InChI is InChI=1S/C24H25NO6S/c1-15-11-19-22(16(2)13-21(26)30-19)20(12-15)31-23(27)18(9-10-32-3)25-24(28)29-14-17-7-5-4-6-8-17/h4-8,11-13,18H,9-10,14H2,1-3H3,(H,25,28). The van der Waals surface area contributed by atoms with Gasteiger partial charge in [0.25, 0.3) is 0 Å². The van der Waals surface area contributed by atoms with E-state index < -0.39 is 23.7 Å². The highest BCUT2D eigenvalue weighted by atomic mass is 32.2. The number of hydrogen-bond donors (Lipinski definition) is 1. The Kier molecular flexibility index (Phi) is 7.94. The van der Waals surface area contributed by atoms with Crippen molar-refractivity contribution in [3.05, 3.63) is 75.6 Å². The minimum absolute atomic E-state index is 0.0950. The van der Waals surface area contributed by atoms with E-state index in [1.54, 1.807) is 30.8 Å². The minimum Gasteiger partial charge on any atom is -0.445 e. The zero-order valence-corrected chi connectivity index (χ0v) is 19.0. The molecular weight excluding hydrogens is 430 g/mol. The summed E-state index contributed by atoms with van der Waals surface area (Å²) in [6.07, 6.45) is 1.58. The molecule has 3 aromatic rings. The molecule has 8 heteroatoms. The van der Waals surface area contributed by atoms with Crippen molar-refractivity contribution >= 4 is 34.8 Å². The second kappa shape index (κ2) is 10.9. The first-order chi connectivity index (χ1) is 15.4. The van der Waals surface area contributed by atoms with Crippen molar-refractivity contribution in [3.63, 3.8) is 0 Å². The number of amides is 1. The summed E-state index contributed by atoms with van der Waals surface area (Å²) >= 11 is 1.55. The molecule has 0 saturated heterocycles. The van der Waals surface area contributed by atoms with Gasteiger partial charge in [-0.05, 0) is 61.1 Å². The van der Waals surface area contributed by atoms with Crippen LogP contribution in [0.1, 0.15) is 23.1 Å². The third-order valence-electron chi connectivity index (χ3n) is 4.76. The molecule has 1 N–H and O–H groups in total. The molecule has 0 aliphatic carbocycles. The summed E-state index contributed by atoms with van der Waals surface area (Å²) in [5.74, 6) is 0.300. The minimum atomic E-state index is -0.891. The number of rotatable bonds is 8. The van der Waals surface area contributed by atoms with Gasteiger partial charge in [0, 0.05) is 6.07 Å². The Bertz CT molecular complexity index is 1160. The second-order valence-electron chi connectivity index (χ2n) is 7.35. The molecule has 1 heterocycles. The lowest BCUT2D eigenvalue weighted by Crippen LogP contribution is -2.43. The highest BCUT2D eigenvalue weighted by molar-refractivity contribution is 7.98. The Morgan fingerprint density at radius 2 is 1.88 bits per heavy atom. The van der Waals surface area contributed by atoms with Crippen molar-refractivity contribution in [2.75, 3.05) is 12.0 Å². The van der Waals surface area contributed by atoms with Gasteiger partial charge in [0.05, 0.1) is 5.39 Å². The van der Waals surface area contributed by atoms with Gasteiger partial charge in [-0.2, -0.15) is 11.8 Å². The molecule has 3 rings (SSSR count). The number of ether oxygens (including phenoxy) is 2. The van der Waals surface area contributed by atoms with Crippen molar-refractivity contribution in [1.82, 2.24) is 5.32 Å². The van der Waals surface area contributed by atoms with Crippen molar-refractivity contribution in [2.24, 2.45) is 0 Å². The topological polar surface area (TPSA) is 94.8 Å². The Labute approximate surface area is 190 Å². The molecule has 0 spiro atoms. The largest absolute Gasteiger partial charge is 0.445 e. The first-order valence-electron chi connectivity index (χ1n) is 10.1. The van der Waals surface area contributed by atoms with E-state index in [9.17, 15) is 14.4 Å². The van der Waals surface area contributed by atoms with Gasteiger partial charge in [-0.15, -0.1) is 0 Å². The van der Waals surface area contributed by atoms with Crippen LogP contribution in [0.15, 0.2) is 57.7 Å². The first-order valence-corrected chi connectivity index (χ1v) is 11.5. The van der Waals surface area contributed by atoms with Gasteiger partial charge >= 0.3 is 17.7 Å². The number of carbonyl (C=O) groups is 2. The van der Waals surface area contributed by atoms with Crippen LogP contribution in [-0.4, -0.2) is 30.1 Å². The summed E-state index contributed by atoms with van der Waals surface area (Å²) in [6, 6.07) is 13.1. The van der Waals surface area contributed by atoms with E-state index in [0.29, 0.717) is 28.7 Å². The molecule has 1 amide bonds. The Morgan fingerprint density at radius 1 is 1.12 bits per heavy atom. The number of hydrogen-bond acceptors (Lipinski definition) is 7. The summed E-state index contributed by atoms with van der Waals surface area (Å²) in [7, 11) is 0. The summed E-state index contributed by atoms with van der Waals surface area (Å²) in [5.41, 5.74) is 2.11. The van der Waals surface area contributed by atoms with Crippen molar-refractivity contribution in [2.45, 2.75) is 32.9 Å². The monoisotopic (exact) mass is 455 g/mol. The summed E-state index contributed by atoms with van der Waals surface area (Å²) in [5, 5.41) is 3.15. The molecule has 0 saturated carbocycles. The highest BCUT2D eigenvalue weighted by Gasteiger charge is 2.25. The maximum atomic E-state index is 13.0. The first kappa shape index (κ1) is 23.4. The van der Waals surface area contributed by atoms with Gasteiger partial charge in [-0.1, -0.05) is 30.3 Å². The molecule has 1 atom stereocenters. The average Bonchev–Trinajstić information content (AvgIpc) is 2.75. The fraction of sp³-hybridized carbons (Fsp3) is 0.292. The van der Waals surface area contributed by atoms with Gasteiger partial charge < -0.3 is 19.2 Å². The predicted molar refractivity (Wildman–Crippen MR) is 124 cm³/mol. The fourth-order valence-corrected chi connectivity index (χ4v) is 3.70. The average molecular weight is 456 g/mol. The van der Waals surface area contributed by atoms with E-state index in [1.807, 2.05) is 43.5 Å². The van der Waals surface area contributed by atoms with E-state index in [4.69, 9.17) is 13.9 Å². The molecule has 0 fully saturated rings. The summed E-state index contributed by atoms with van der Waals surface area (Å²) in [6.45, 7) is 3.65. The number of benzene rings is 2. The molecule has 7 nitrogen and oxygen atoms in total. The van der Waals surface area contributed by atoms with Crippen molar-refractivity contribution in [1.29, 1.82) is 0 Å². The SMILES string of the molecule is CSCCC(NC(=O)OCc1ccccc1)C(=O)Oc1cc(C)cc2oc(=O)cc(C)c12. The van der Waals surface area contributed by atoms with Crippen LogP contribution in [0.3, 0.4) is 0 Å². The van der Waals surface area contributed by atoms with Crippen LogP contribution in [0.5, 0.6) is 5.75 Å². The Morgan fingerprint density at radius 3 is 2.59 bits per heavy atom. The van der Waals surface area contributed by atoms with Gasteiger partial charge in [-0.25, -0.2) is 14.4 Å². The van der Waals surface area contributed by atoms with Gasteiger partial charge in [0.1, 0.15) is 24.0 Å². The molecule has 2 aromatic carbocycles.